The summed E-state index contributed by atoms with van der Waals surface area (Å²) in [4.78, 5) is 13.4. The van der Waals surface area contributed by atoms with Gasteiger partial charge in [0.2, 0.25) is 0 Å². The summed E-state index contributed by atoms with van der Waals surface area (Å²) in [6.07, 6.45) is -4.83. The predicted octanol–water partition coefficient (Wildman–Crippen LogP) is 6.33. The first kappa shape index (κ1) is 21.3. The Morgan fingerprint density at radius 2 is 1.72 bits per heavy atom. The third-order valence-corrected chi connectivity index (χ3v) is 4.88. The SMILES string of the molecule is O=COC(Cc1cccc(Cl)c1)Cc1[nH]c(C(F)(F)F)cc1-c1ccc(Cl)cc1. The number of carbonyl (C=O) groups excluding carboxylic acids is 1. The van der Waals surface area contributed by atoms with E-state index in [1.165, 1.54) is 0 Å². The van der Waals surface area contributed by atoms with E-state index < -0.39 is 18.0 Å². The van der Waals surface area contributed by atoms with Gasteiger partial charge in [0, 0.05) is 34.1 Å². The molecule has 3 nitrogen and oxygen atoms in total. The zero-order valence-corrected chi connectivity index (χ0v) is 16.5. The number of benzene rings is 2. The highest BCUT2D eigenvalue weighted by atomic mass is 35.5. The molecule has 0 amide bonds. The Balaban J connectivity index is 1.94. The maximum Gasteiger partial charge on any atom is 0.431 e. The van der Waals surface area contributed by atoms with Gasteiger partial charge in [-0.05, 0) is 41.5 Å². The minimum absolute atomic E-state index is 0.0687. The van der Waals surface area contributed by atoms with Crippen LogP contribution in [0.5, 0.6) is 0 Å². The molecule has 1 heterocycles. The summed E-state index contributed by atoms with van der Waals surface area (Å²) in [5.74, 6) is 0. The lowest BCUT2D eigenvalue weighted by Crippen LogP contribution is -2.19. The Kier molecular flexibility index (Phi) is 6.55. The summed E-state index contributed by atoms with van der Waals surface area (Å²) in [6, 6.07) is 14.5. The zero-order chi connectivity index (χ0) is 21.0. The highest BCUT2D eigenvalue weighted by Crippen LogP contribution is 2.35. The molecule has 152 valence electrons. The molecule has 1 aromatic heterocycles. The van der Waals surface area contributed by atoms with Crippen LogP contribution < -0.4 is 0 Å². The molecule has 0 aliphatic carbocycles. The predicted molar refractivity (Wildman–Crippen MR) is 106 cm³/mol. The molecular formula is C21H16Cl2F3NO2. The summed E-state index contributed by atoms with van der Waals surface area (Å²) in [6.45, 7) is 0.296. The van der Waals surface area contributed by atoms with Crippen LogP contribution in [0.2, 0.25) is 10.0 Å². The molecule has 0 spiro atoms. The monoisotopic (exact) mass is 441 g/mol. The normalized spacial score (nSPS) is 12.6. The Hall–Kier alpha value is -2.44. The van der Waals surface area contributed by atoms with Gasteiger partial charge in [0.05, 0.1) is 0 Å². The molecule has 2 aromatic carbocycles. The van der Waals surface area contributed by atoms with Gasteiger partial charge in [0.1, 0.15) is 11.8 Å². The van der Waals surface area contributed by atoms with E-state index in [0.29, 0.717) is 39.8 Å². The molecule has 0 fully saturated rings. The number of aromatic nitrogens is 1. The summed E-state index contributed by atoms with van der Waals surface area (Å²) >= 11 is 11.9. The average Bonchev–Trinajstić information content (AvgIpc) is 3.07. The first-order chi connectivity index (χ1) is 13.8. The van der Waals surface area contributed by atoms with Crippen molar-refractivity contribution in [3.05, 3.63) is 81.6 Å². The van der Waals surface area contributed by atoms with E-state index in [9.17, 15) is 18.0 Å². The van der Waals surface area contributed by atoms with Gasteiger partial charge in [-0.2, -0.15) is 13.2 Å². The first-order valence-corrected chi connectivity index (χ1v) is 9.40. The van der Waals surface area contributed by atoms with Gasteiger partial charge in [-0.25, -0.2) is 0 Å². The molecule has 0 aliphatic heterocycles. The Bertz CT molecular complexity index is 984. The van der Waals surface area contributed by atoms with Gasteiger partial charge in [-0.1, -0.05) is 47.5 Å². The Labute approximate surface area is 175 Å². The number of halogens is 5. The molecule has 3 rings (SSSR count). The number of H-pyrrole nitrogens is 1. The van der Waals surface area contributed by atoms with Gasteiger partial charge in [0.15, 0.2) is 0 Å². The Morgan fingerprint density at radius 1 is 1.00 bits per heavy atom. The van der Waals surface area contributed by atoms with E-state index in [1.807, 2.05) is 6.07 Å². The summed E-state index contributed by atoms with van der Waals surface area (Å²) in [5.41, 5.74) is 1.20. The van der Waals surface area contributed by atoms with E-state index in [1.54, 1.807) is 42.5 Å². The summed E-state index contributed by atoms with van der Waals surface area (Å²) in [7, 11) is 0. The highest BCUT2D eigenvalue weighted by Gasteiger charge is 2.34. The lowest BCUT2D eigenvalue weighted by Gasteiger charge is -2.16. The zero-order valence-electron chi connectivity index (χ0n) is 15.0. The van der Waals surface area contributed by atoms with Crippen molar-refractivity contribution in [1.29, 1.82) is 0 Å². The summed E-state index contributed by atoms with van der Waals surface area (Å²) < 4.78 is 45.0. The number of hydrogen-bond acceptors (Lipinski definition) is 2. The van der Waals surface area contributed by atoms with E-state index in [0.717, 1.165) is 11.6 Å². The minimum atomic E-state index is -4.53. The van der Waals surface area contributed by atoms with Crippen LogP contribution in [-0.4, -0.2) is 17.6 Å². The van der Waals surface area contributed by atoms with Gasteiger partial charge in [0.25, 0.3) is 6.47 Å². The number of carbonyl (C=O) groups is 1. The van der Waals surface area contributed by atoms with E-state index in [4.69, 9.17) is 27.9 Å². The fourth-order valence-corrected chi connectivity index (χ4v) is 3.44. The fraction of sp³-hybridized carbons (Fsp3) is 0.190. The molecular weight excluding hydrogens is 426 g/mol. The van der Waals surface area contributed by atoms with E-state index >= 15 is 0 Å². The maximum absolute atomic E-state index is 13.3. The molecule has 0 radical (unpaired) electrons. The van der Waals surface area contributed by atoms with Crippen LogP contribution in [0, 0.1) is 0 Å². The highest BCUT2D eigenvalue weighted by molar-refractivity contribution is 6.30. The molecule has 3 aromatic rings. The molecule has 1 unspecified atom stereocenters. The third-order valence-electron chi connectivity index (χ3n) is 4.39. The standard InChI is InChI=1S/C21H16Cl2F3NO2/c22-15-6-4-14(5-7-15)18-11-20(21(24,25)26)27-19(18)10-17(29-12-28)9-13-2-1-3-16(23)8-13/h1-8,11-12,17,27H,9-10H2. The van der Waals surface area contributed by atoms with Gasteiger partial charge in [-0.15, -0.1) is 0 Å². The third kappa shape index (κ3) is 5.55. The van der Waals surface area contributed by atoms with Crippen LogP contribution in [0.15, 0.2) is 54.6 Å². The molecule has 0 saturated carbocycles. The molecule has 0 saturated heterocycles. The molecule has 1 N–H and O–H groups in total. The van der Waals surface area contributed by atoms with E-state index in [2.05, 4.69) is 4.98 Å². The number of alkyl halides is 3. The summed E-state index contributed by atoms with van der Waals surface area (Å²) in [5, 5.41) is 0.999. The average molecular weight is 442 g/mol. The van der Waals surface area contributed by atoms with Crippen LogP contribution in [0.25, 0.3) is 11.1 Å². The van der Waals surface area contributed by atoms with Crippen molar-refractivity contribution in [1.82, 2.24) is 4.98 Å². The van der Waals surface area contributed by atoms with Crippen molar-refractivity contribution >= 4 is 29.7 Å². The molecule has 29 heavy (non-hydrogen) atoms. The van der Waals surface area contributed by atoms with Crippen molar-refractivity contribution in [3.63, 3.8) is 0 Å². The molecule has 0 aliphatic rings. The number of ether oxygens (including phenoxy) is 1. The second-order valence-corrected chi connectivity index (χ2v) is 7.35. The van der Waals surface area contributed by atoms with Crippen molar-refractivity contribution < 1.29 is 22.7 Å². The van der Waals surface area contributed by atoms with Crippen LogP contribution in [0.1, 0.15) is 17.0 Å². The van der Waals surface area contributed by atoms with Gasteiger partial charge < -0.3 is 9.72 Å². The molecule has 0 bridgehead atoms. The quantitative estimate of drug-likeness (QED) is 0.435. The number of hydrogen-bond donors (Lipinski definition) is 1. The smallest absolute Gasteiger partial charge is 0.431 e. The molecule has 8 heteroatoms. The fourth-order valence-electron chi connectivity index (χ4n) is 3.10. The topological polar surface area (TPSA) is 42.1 Å². The first-order valence-electron chi connectivity index (χ1n) is 8.65. The van der Waals surface area contributed by atoms with Crippen LogP contribution in [0.3, 0.4) is 0 Å². The van der Waals surface area contributed by atoms with Crippen LogP contribution in [-0.2, 0) is 28.5 Å². The van der Waals surface area contributed by atoms with Crippen molar-refractivity contribution in [3.8, 4) is 11.1 Å². The largest absolute Gasteiger partial charge is 0.464 e. The maximum atomic E-state index is 13.3. The van der Waals surface area contributed by atoms with Crippen LogP contribution >= 0.6 is 23.2 Å². The van der Waals surface area contributed by atoms with Crippen molar-refractivity contribution in [2.24, 2.45) is 0 Å². The van der Waals surface area contributed by atoms with Crippen molar-refractivity contribution in [2.45, 2.75) is 25.1 Å². The van der Waals surface area contributed by atoms with E-state index in [-0.39, 0.29) is 6.42 Å². The number of rotatable bonds is 7. The lowest BCUT2D eigenvalue weighted by atomic mass is 9.99. The van der Waals surface area contributed by atoms with Crippen LogP contribution in [0.4, 0.5) is 13.2 Å². The van der Waals surface area contributed by atoms with Gasteiger partial charge >= 0.3 is 6.18 Å². The second kappa shape index (κ2) is 8.93. The lowest BCUT2D eigenvalue weighted by molar-refractivity contribution is -0.141. The minimum Gasteiger partial charge on any atom is -0.464 e. The number of nitrogens with one attached hydrogen (secondary N) is 1. The molecule has 1 atom stereocenters. The second-order valence-electron chi connectivity index (χ2n) is 6.47. The van der Waals surface area contributed by atoms with Crippen molar-refractivity contribution in [2.75, 3.05) is 0 Å². The Morgan fingerprint density at radius 3 is 2.34 bits per heavy atom. The number of aromatic amines is 1. The van der Waals surface area contributed by atoms with Gasteiger partial charge in [-0.3, -0.25) is 4.79 Å².